The van der Waals surface area contributed by atoms with Crippen LogP contribution < -0.4 is 5.73 Å². The fourth-order valence-electron chi connectivity index (χ4n) is 2.54. The van der Waals surface area contributed by atoms with Crippen LogP contribution in [0.5, 0.6) is 0 Å². The van der Waals surface area contributed by atoms with Crippen LogP contribution in [0.25, 0.3) is 0 Å². The number of likely N-dealkylation sites (tertiary alicyclic amines) is 1. The lowest BCUT2D eigenvalue weighted by atomic mass is 9.98. The van der Waals surface area contributed by atoms with E-state index in [2.05, 4.69) is 9.88 Å². The Balaban J connectivity index is 0.00000162. The number of nitrogens with two attached hydrogens (primary N) is 1. The van der Waals surface area contributed by atoms with Gasteiger partial charge in [-0.1, -0.05) is 18.0 Å². The first-order valence-electron chi connectivity index (χ1n) is 6.34. The number of rotatable bonds is 4. The lowest BCUT2D eigenvalue weighted by molar-refractivity contribution is 0.134. The average Bonchev–Trinajstić information content (AvgIpc) is 2.35. The van der Waals surface area contributed by atoms with Crippen molar-refractivity contribution in [3.63, 3.8) is 0 Å². The Bertz CT molecular complexity index is 361. The smallest absolute Gasteiger partial charge is 0.0634 e. The molecule has 1 atom stereocenters. The van der Waals surface area contributed by atoms with E-state index < -0.39 is 0 Å². The summed E-state index contributed by atoms with van der Waals surface area (Å²) in [6, 6.07) is 2.63. The maximum absolute atomic E-state index is 6.15. The van der Waals surface area contributed by atoms with Crippen LogP contribution in [0.1, 0.15) is 31.2 Å². The molecule has 0 amide bonds. The molecule has 0 radical (unpaired) electrons. The Kier molecular flexibility index (Phi) is 9.75. The molecular formula is C13H22Cl3N3. The molecule has 110 valence electrons. The molecule has 1 unspecified atom stereocenters. The Morgan fingerprint density at radius 1 is 1.37 bits per heavy atom. The highest BCUT2D eigenvalue weighted by molar-refractivity contribution is 6.31. The van der Waals surface area contributed by atoms with Gasteiger partial charge in [0.1, 0.15) is 0 Å². The van der Waals surface area contributed by atoms with E-state index in [4.69, 9.17) is 17.3 Å². The maximum atomic E-state index is 6.15. The van der Waals surface area contributed by atoms with E-state index >= 15 is 0 Å². The second-order valence-corrected chi connectivity index (χ2v) is 5.07. The third kappa shape index (κ3) is 5.44. The zero-order chi connectivity index (χ0) is 12.1. The Morgan fingerprint density at radius 3 is 2.84 bits per heavy atom. The number of halogens is 3. The van der Waals surface area contributed by atoms with Crippen LogP contribution in [-0.2, 0) is 6.54 Å². The van der Waals surface area contributed by atoms with Crippen LogP contribution in [0, 0.1) is 0 Å². The van der Waals surface area contributed by atoms with Crippen LogP contribution in [0.4, 0.5) is 0 Å². The summed E-state index contributed by atoms with van der Waals surface area (Å²) in [7, 11) is 0. The molecule has 0 saturated carbocycles. The third-order valence-electron chi connectivity index (χ3n) is 3.48. The predicted octanol–water partition coefficient (Wildman–Crippen LogP) is 3.28. The van der Waals surface area contributed by atoms with Gasteiger partial charge in [0.2, 0.25) is 0 Å². The van der Waals surface area contributed by atoms with Gasteiger partial charge < -0.3 is 5.73 Å². The van der Waals surface area contributed by atoms with Gasteiger partial charge in [-0.15, -0.1) is 24.8 Å². The van der Waals surface area contributed by atoms with E-state index in [1.54, 1.807) is 6.20 Å². The largest absolute Gasteiger partial charge is 0.330 e. The van der Waals surface area contributed by atoms with Gasteiger partial charge in [-0.05, 0) is 44.0 Å². The van der Waals surface area contributed by atoms with E-state index in [9.17, 15) is 0 Å². The molecule has 1 saturated heterocycles. The van der Waals surface area contributed by atoms with E-state index in [-0.39, 0.29) is 24.8 Å². The highest BCUT2D eigenvalue weighted by atomic mass is 35.5. The summed E-state index contributed by atoms with van der Waals surface area (Å²) in [5, 5.41) is 0.768. The molecular weight excluding hydrogens is 305 g/mol. The van der Waals surface area contributed by atoms with Crippen molar-refractivity contribution < 1.29 is 0 Å². The van der Waals surface area contributed by atoms with Crippen LogP contribution in [-0.4, -0.2) is 29.0 Å². The summed E-state index contributed by atoms with van der Waals surface area (Å²) >= 11 is 6.15. The van der Waals surface area contributed by atoms with Gasteiger partial charge in [-0.25, -0.2) is 0 Å². The molecule has 2 N–H and O–H groups in total. The van der Waals surface area contributed by atoms with Gasteiger partial charge in [0.15, 0.2) is 0 Å². The van der Waals surface area contributed by atoms with Crippen molar-refractivity contribution in [3.8, 4) is 0 Å². The van der Waals surface area contributed by atoms with Crippen LogP contribution in [0.3, 0.4) is 0 Å². The standard InChI is InChI=1S/C13H20ClN3.2ClH/c14-13-9-16-7-5-11(13)10-17-8-2-1-3-12(17)4-6-15;;/h5,7,9,12H,1-4,6,8,10,15H2;2*1H. The minimum absolute atomic E-state index is 0. The summed E-state index contributed by atoms with van der Waals surface area (Å²) in [5.41, 5.74) is 6.85. The van der Waals surface area contributed by atoms with Gasteiger partial charge >= 0.3 is 0 Å². The summed E-state index contributed by atoms with van der Waals surface area (Å²) in [6.07, 6.45) is 8.49. The highest BCUT2D eigenvalue weighted by Crippen LogP contribution is 2.23. The minimum Gasteiger partial charge on any atom is -0.330 e. The topological polar surface area (TPSA) is 42.1 Å². The summed E-state index contributed by atoms with van der Waals surface area (Å²) in [6.45, 7) is 2.85. The van der Waals surface area contributed by atoms with E-state index in [0.29, 0.717) is 6.04 Å². The molecule has 1 aliphatic rings. The highest BCUT2D eigenvalue weighted by Gasteiger charge is 2.22. The molecule has 2 rings (SSSR count). The number of hydrogen-bond acceptors (Lipinski definition) is 3. The van der Waals surface area contributed by atoms with Crippen LogP contribution in [0.15, 0.2) is 18.5 Å². The molecule has 3 nitrogen and oxygen atoms in total. The molecule has 1 aromatic rings. The monoisotopic (exact) mass is 325 g/mol. The second kappa shape index (κ2) is 9.78. The molecule has 1 aromatic heterocycles. The predicted molar refractivity (Wildman–Crippen MR) is 85.5 cm³/mol. The first kappa shape index (κ1) is 18.9. The van der Waals surface area contributed by atoms with E-state index in [0.717, 1.165) is 31.1 Å². The van der Waals surface area contributed by atoms with Gasteiger partial charge in [0.25, 0.3) is 0 Å². The van der Waals surface area contributed by atoms with Crippen molar-refractivity contribution in [2.24, 2.45) is 5.73 Å². The fourth-order valence-corrected chi connectivity index (χ4v) is 2.72. The van der Waals surface area contributed by atoms with Gasteiger partial charge in [-0.2, -0.15) is 0 Å². The lowest BCUT2D eigenvalue weighted by Gasteiger charge is -2.35. The van der Waals surface area contributed by atoms with Gasteiger partial charge in [0.05, 0.1) is 5.02 Å². The number of aromatic nitrogens is 1. The quantitative estimate of drug-likeness (QED) is 0.923. The fraction of sp³-hybridized carbons (Fsp3) is 0.615. The van der Waals surface area contributed by atoms with E-state index in [1.165, 1.54) is 24.8 Å². The van der Waals surface area contributed by atoms with Crippen molar-refractivity contribution in [1.82, 2.24) is 9.88 Å². The Hall–Kier alpha value is -0.0600. The van der Waals surface area contributed by atoms with E-state index in [1.807, 2.05) is 12.3 Å². The van der Waals surface area contributed by atoms with Crippen molar-refractivity contribution in [2.45, 2.75) is 38.3 Å². The lowest BCUT2D eigenvalue weighted by Crippen LogP contribution is -2.40. The second-order valence-electron chi connectivity index (χ2n) is 4.66. The zero-order valence-corrected chi connectivity index (χ0v) is 13.3. The summed E-state index contributed by atoms with van der Waals surface area (Å²) < 4.78 is 0. The normalized spacial score (nSPS) is 19.4. The van der Waals surface area contributed by atoms with Crippen LogP contribution in [0.2, 0.25) is 5.02 Å². The number of piperidine rings is 1. The maximum Gasteiger partial charge on any atom is 0.0634 e. The zero-order valence-electron chi connectivity index (χ0n) is 10.9. The van der Waals surface area contributed by atoms with Crippen molar-refractivity contribution >= 4 is 36.4 Å². The number of pyridine rings is 1. The summed E-state index contributed by atoms with van der Waals surface area (Å²) in [4.78, 5) is 6.53. The third-order valence-corrected chi connectivity index (χ3v) is 3.82. The molecule has 0 aliphatic carbocycles. The molecule has 6 heteroatoms. The van der Waals surface area contributed by atoms with Gasteiger partial charge in [0, 0.05) is 25.0 Å². The first-order valence-corrected chi connectivity index (χ1v) is 6.71. The average molecular weight is 327 g/mol. The molecule has 19 heavy (non-hydrogen) atoms. The number of nitrogens with zero attached hydrogens (tertiary/aromatic N) is 2. The molecule has 0 bridgehead atoms. The minimum atomic E-state index is 0. The van der Waals surface area contributed by atoms with Crippen molar-refractivity contribution in [1.29, 1.82) is 0 Å². The summed E-state index contributed by atoms with van der Waals surface area (Å²) in [5.74, 6) is 0. The molecule has 0 aromatic carbocycles. The van der Waals surface area contributed by atoms with Crippen molar-refractivity contribution in [3.05, 3.63) is 29.0 Å². The molecule has 1 aliphatic heterocycles. The van der Waals surface area contributed by atoms with Gasteiger partial charge in [-0.3, -0.25) is 9.88 Å². The van der Waals surface area contributed by atoms with Crippen molar-refractivity contribution in [2.75, 3.05) is 13.1 Å². The SMILES string of the molecule is Cl.Cl.NCCC1CCCCN1Cc1ccncc1Cl. The molecule has 1 fully saturated rings. The molecule has 0 spiro atoms. The first-order chi connectivity index (χ1) is 8.31. The molecule has 2 heterocycles. The Labute approximate surface area is 132 Å². The number of hydrogen-bond donors (Lipinski definition) is 1. The Morgan fingerprint density at radius 2 is 2.16 bits per heavy atom. The van der Waals surface area contributed by atoms with Crippen LogP contribution >= 0.6 is 36.4 Å².